The number of rotatable bonds is 5. The van der Waals surface area contributed by atoms with Gasteiger partial charge in [0.2, 0.25) is 0 Å². The molecular formula is C18H23N3O2S. The third-order valence-corrected chi connectivity index (χ3v) is 5.70. The number of carbonyl (C=O) groups is 2. The van der Waals surface area contributed by atoms with E-state index in [1.165, 1.54) is 16.2 Å². The number of likely N-dealkylation sites (N-methyl/N-ethyl adjacent to an activating group) is 1. The highest BCUT2D eigenvalue weighted by atomic mass is 32.1. The normalized spacial score (nSPS) is 20.2. The topological polar surface area (TPSA) is 43.9 Å². The number of thiophene rings is 1. The van der Waals surface area contributed by atoms with E-state index in [1.807, 2.05) is 29.5 Å². The molecule has 0 saturated carbocycles. The van der Waals surface area contributed by atoms with Crippen molar-refractivity contribution in [3.63, 3.8) is 0 Å². The highest BCUT2D eigenvalue weighted by Crippen LogP contribution is 2.35. The summed E-state index contributed by atoms with van der Waals surface area (Å²) in [6.45, 7) is 5.93. The van der Waals surface area contributed by atoms with Crippen LogP contribution < -0.4 is 0 Å². The number of amides is 2. The predicted octanol–water partition coefficient (Wildman–Crippen LogP) is 2.04. The van der Waals surface area contributed by atoms with Crippen LogP contribution in [0.25, 0.3) is 5.57 Å². The Hall–Kier alpha value is -1.92. The first-order valence-electron chi connectivity index (χ1n) is 8.21. The highest BCUT2D eigenvalue weighted by Gasteiger charge is 2.42. The van der Waals surface area contributed by atoms with Crippen LogP contribution in [-0.2, 0) is 9.59 Å². The summed E-state index contributed by atoms with van der Waals surface area (Å²) in [6.07, 6.45) is 3.59. The molecule has 0 radical (unpaired) electrons. The summed E-state index contributed by atoms with van der Waals surface area (Å²) in [6, 6.07) is 4.10. The second kappa shape index (κ2) is 6.91. The van der Waals surface area contributed by atoms with Gasteiger partial charge in [0.25, 0.3) is 11.8 Å². The fourth-order valence-corrected chi connectivity index (χ4v) is 4.16. The number of hydrogen-bond acceptors (Lipinski definition) is 5. The van der Waals surface area contributed by atoms with Crippen molar-refractivity contribution in [3.05, 3.63) is 40.7 Å². The van der Waals surface area contributed by atoms with E-state index in [-0.39, 0.29) is 24.4 Å². The van der Waals surface area contributed by atoms with Crippen LogP contribution in [0.15, 0.2) is 35.9 Å². The van der Waals surface area contributed by atoms with E-state index in [1.54, 1.807) is 6.08 Å². The second-order valence-electron chi connectivity index (χ2n) is 6.36. The van der Waals surface area contributed by atoms with Gasteiger partial charge in [0.05, 0.1) is 5.57 Å². The van der Waals surface area contributed by atoms with E-state index in [0.717, 1.165) is 30.8 Å². The van der Waals surface area contributed by atoms with Gasteiger partial charge in [0.15, 0.2) is 0 Å². The zero-order valence-corrected chi connectivity index (χ0v) is 15.0. The maximum atomic E-state index is 12.9. The first-order valence-corrected chi connectivity index (χ1v) is 9.09. The van der Waals surface area contributed by atoms with Crippen molar-refractivity contribution in [1.82, 2.24) is 14.7 Å². The molecule has 0 aromatic carbocycles. The van der Waals surface area contributed by atoms with Gasteiger partial charge in [-0.2, -0.15) is 0 Å². The van der Waals surface area contributed by atoms with Crippen molar-refractivity contribution in [2.75, 3.05) is 33.7 Å². The van der Waals surface area contributed by atoms with Crippen molar-refractivity contribution >= 4 is 28.7 Å². The fourth-order valence-electron chi connectivity index (χ4n) is 3.39. The highest BCUT2D eigenvalue weighted by molar-refractivity contribution is 7.11. The molecule has 0 atom stereocenters. The standard InChI is InChI=1S/C18H23N3O2S/c1-4-9-21-17(22)15(14-6-5-12-24-14)16(18(21)23)20(3)13-7-10-19(2)11-8-13/h4-6,12-13H,1,7-11H2,2-3H3. The predicted molar refractivity (Wildman–Crippen MR) is 96.4 cm³/mol. The Labute approximate surface area is 146 Å². The van der Waals surface area contributed by atoms with E-state index in [4.69, 9.17) is 0 Å². The van der Waals surface area contributed by atoms with Gasteiger partial charge in [-0.25, -0.2) is 0 Å². The summed E-state index contributed by atoms with van der Waals surface area (Å²) in [4.78, 5) is 32.2. The van der Waals surface area contributed by atoms with Gasteiger partial charge in [-0.05, 0) is 44.4 Å². The molecule has 1 aromatic rings. The number of likely N-dealkylation sites (tertiary alicyclic amines) is 1. The quantitative estimate of drug-likeness (QED) is 0.605. The third-order valence-electron chi connectivity index (χ3n) is 4.81. The molecule has 1 saturated heterocycles. The van der Waals surface area contributed by atoms with Crippen LogP contribution in [0.5, 0.6) is 0 Å². The van der Waals surface area contributed by atoms with Gasteiger partial charge in [-0.3, -0.25) is 14.5 Å². The largest absolute Gasteiger partial charge is 0.366 e. The SMILES string of the molecule is C=CCN1C(=O)C(c2cccs2)=C(N(C)C2CCN(C)CC2)C1=O. The van der Waals surface area contributed by atoms with Gasteiger partial charge in [-0.1, -0.05) is 12.1 Å². The van der Waals surface area contributed by atoms with Gasteiger partial charge in [-0.15, -0.1) is 17.9 Å². The number of nitrogens with zero attached hydrogens (tertiary/aromatic N) is 3. The molecule has 3 rings (SSSR count). The van der Waals surface area contributed by atoms with Crippen LogP contribution in [0.3, 0.4) is 0 Å². The van der Waals surface area contributed by atoms with Crippen molar-refractivity contribution in [2.24, 2.45) is 0 Å². The molecule has 1 aromatic heterocycles. The van der Waals surface area contributed by atoms with Crippen molar-refractivity contribution in [3.8, 4) is 0 Å². The van der Waals surface area contributed by atoms with E-state index >= 15 is 0 Å². The Kier molecular flexibility index (Phi) is 4.87. The Morgan fingerprint density at radius 1 is 1.33 bits per heavy atom. The molecule has 5 nitrogen and oxygen atoms in total. The van der Waals surface area contributed by atoms with Crippen molar-refractivity contribution < 1.29 is 9.59 Å². The van der Waals surface area contributed by atoms with E-state index < -0.39 is 0 Å². The van der Waals surface area contributed by atoms with E-state index in [0.29, 0.717) is 11.3 Å². The molecule has 128 valence electrons. The van der Waals surface area contributed by atoms with Crippen LogP contribution >= 0.6 is 11.3 Å². The summed E-state index contributed by atoms with van der Waals surface area (Å²) in [5.74, 6) is -0.415. The van der Waals surface area contributed by atoms with Crippen LogP contribution in [0.1, 0.15) is 17.7 Å². The maximum absolute atomic E-state index is 12.9. The van der Waals surface area contributed by atoms with E-state index in [9.17, 15) is 9.59 Å². The van der Waals surface area contributed by atoms with Gasteiger partial charge in [0, 0.05) is 24.5 Å². The lowest BCUT2D eigenvalue weighted by molar-refractivity contribution is -0.137. The minimum atomic E-state index is -0.211. The van der Waals surface area contributed by atoms with Crippen molar-refractivity contribution in [1.29, 1.82) is 0 Å². The lowest BCUT2D eigenvalue weighted by Crippen LogP contribution is -2.43. The number of piperidine rings is 1. The summed E-state index contributed by atoms with van der Waals surface area (Å²) >= 11 is 1.50. The lowest BCUT2D eigenvalue weighted by atomic mass is 10.0. The van der Waals surface area contributed by atoms with Crippen LogP contribution in [0.4, 0.5) is 0 Å². The molecule has 6 heteroatoms. The van der Waals surface area contributed by atoms with Crippen LogP contribution in [-0.4, -0.2) is 66.3 Å². The summed E-state index contributed by atoms with van der Waals surface area (Å²) < 4.78 is 0. The van der Waals surface area contributed by atoms with E-state index in [2.05, 4.69) is 18.5 Å². The molecule has 2 amide bonds. The first-order chi connectivity index (χ1) is 11.5. The Morgan fingerprint density at radius 3 is 2.62 bits per heavy atom. The lowest BCUT2D eigenvalue weighted by Gasteiger charge is -2.36. The van der Waals surface area contributed by atoms with Gasteiger partial charge < -0.3 is 9.80 Å². The average molecular weight is 345 g/mol. The molecule has 1 fully saturated rings. The zero-order valence-electron chi connectivity index (χ0n) is 14.2. The molecule has 0 spiro atoms. The molecule has 0 N–H and O–H groups in total. The molecule has 3 heterocycles. The molecule has 2 aliphatic rings. The Morgan fingerprint density at radius 2 is 2.04 bits per heavy atom. The summed E-state index contributed by atoms with van der Waals surface area (Å²) in [5, 5.41) is 1.93. The molecule has 0 bridgehead atoms. The number of carbonyl (C=O) groups excluding carboxylic acids is 2. The zero-order chi connectivity index (χ0) is 17.3. The van der Waals surface area contributed by atoms with Crippen LogP contribution in [0.2, 0.25) is 0 Å². The Balaban J connectivity index is 1.97. The van der Waals surface area contributed by atoms with Crippen molar-refractivity contribution in [2.45, 2.75) is 18.9 Å². The average Bonchev–Trinajstić information content (AvgIpc) is 3.17. The van der Waals surface area contributed by atoms with Gasteiger partial charge in [0.1, 0.15) is 5.70 Å². The third kappa shape index (κ3) is 2.91. The molecular weight excluding hydrogens is 322 g/mol. The molecule has 0 unspecified atom stereocenters. The second-order valence-corrected chi connectivity index (χ2v) is 7.30. The maximum Gasteiger partial charge on any atom is 0.278 e. The first kappa shape index (κ1) is 16.9. The summed E-state index contributed by atoms with van der Waals surface area (Å²) in [5.41, 5.74) is 1.08. The van der Waals surface area contributed by atoms with Crippen LogP contribution in [0, 0.1) is 0 Å². The number of imide groups is 1. The summed E-state index contributed by atoms with van der Waals surface area (Å²) in [7, 11) is 4.06. The minimum Gasteiger partial charge on any atom is -0.366 e. The molecule has 2 aliphatic heterocycles. The minimum absolute atomic E-state index is 0.204. The number of hydrogen-bond donors (Lipinski definition) is 0. The van der Waals surface area contributed by atoms with Gasteiger partial charge >= 0.3 is 0 Å². The monoisotopic (exact) mass is 345 g/mol. The molecule has 0 aliphatic carbocycles. The smallest absolute Gasteiger partial charge is 0.278 e. The Bertz CT molecular complexity index is 672. The fraction of sp³-hybridized carbons (Fsp3) is 0.444. The molecule has 24 heavy (non-hydrogen) atoms.